The number of halogens is 1. The summed E-state index contributed by atoms with van der Waals surface area (Å²) in [4.78, 5) is 2.23. The molecule has 19 heavy (non-hydrogen) atoms. The van der Waals surface area contributed by atoms with Crippen LogP contribution in [0.25, 0.3) is 0 Å². The molecule has 0 atom stereocenters. The normalized spacial score (nSPS) is 10.5. The van der Waals surface area contributed by atoms with Crippen molar-refractivity contribution in [1.29, 1.82) is 0 Å². The Hall–Kier alpha value is -1.51. The highest BCUT2D eigenvalue weighted by Gasteiger charge is 2.10. The molecule has 0 unspecified atom stereocenters. The third-order valence-electron chi connectivity index (χ3n) is 3.23. The molecule has 0 aliphatic carbocycles. The highest BCUT2D eigenvalue weighted by Crippen LogP contribution is 2.25. The van der Waals surface area contributed by atoms with Crippen molar-refractivity contribution in [2.24, 2.45) is 5.73 Å². The first kappa shape index (κ1) is 13.9. The van der Waals surface area contributed by atoms with E-state index in [4.69, 9.17) is 17.3 Å². The van der Waals surface area contributed by atoms with Gasteiger partial charge in [0.05, 0.1) is 0 Å². The minimum Gasteiger partial charge on any atom is -0.370 e. The van der Waals surface area contributed by atoms with Gasteiger partial charge >= 0.3 is 0 Å². The standard InChI is InChI=1S/C16H19ClN2/c1-12-5-3-7-14(10-18)16(12)19(2)11-13-6-4-8-15(17)9-13/h3-9H,10-11,18H2,1-2H3. The molecule has 2 rings (SSSR count). The highest BCUT2D eigenvalue weighted by molar-refractivity contribution is 6.30. The maximum absolute atomic E-state index is 6.03. The van der Waals surface area contributed by atoms with Crippen LogP contribution in [0.3, 0.4) is 0 Å². The van der Waals surface area contributed by atoms with Crippen LogP contribution in [0.4, 0.5) is 5.69 Å². The molecule has 0 spiro atoms. The van der Waals surface area contributed by atoms with Crippen LogP contribution < -0.4 is 10.6 Å². The molecule has 0 heterocycles. The largest absolute Gasteiger partial charge is 0.370 e. The Bertz CT molecular complexity index is 566. The van der Waals surface area contributed by atoms with E-state index in [0.29, 0.717) is 6.54 Å². The smallest absolute Gasteiger partial charge is 0.0441 e. The van der Waals surface area contributed by atoms with Gasteiger partial charge < -0.3 is 10.6 Å². The van der Waals surface area contributed by atoms with Crippen molar-refractivity contribution in [2.75, 3.05) is 11.9 Å². The molecule has 0 saturated carbocycles. The lowest BCUT2D eigenvalue weighted by molar-refractivity contribution is 0.897. The summed E-state index contributed by atoms with van der Waals surface area (Å²) in [6.07, 6.45) is 0. The van der Waals surface area contributed by atoms with Gasteiger partial charge in [-0.1, -0.05) is 41.9 Å². The zero-order valence-electron chi connectivity index (χ0n) is 11.4. The van der Waals surface area contributed by atoms with Gasteiger partial charge in [-0.15, -0.1) is 0 Å². The predicted octanol–water partition coefficient (Wildman–Crippen LogP) is 3.74. The molecule has 0 aromatic heterocycles. The van der Waals surface area contributed by atoms with E-state index < -0.39 is 0 Å². The van der Waals surface area contributed by atoms with Crippen LogP contribution in [0.5, 0.6) is 0 Å². The van der Waals surface area contributed by atoms with Crippen molar-refractivity contribution >= 4 is 17.3 Å². The monoisotopic (exact) mass is 274 g/mol. The van der Waals surface area contributed by atoms with E-state index in [0.717, 1.165) is 11.6 Å². The van der Waals surface area contributed by atoms with Crippen LogP contribution in [-0.4, -0.2) is 7.05 Å². The summed E-state index contributed by atoms with van der Waals surface area (Å²) in [5, 5.41) is 0.773. The van der Waals surface area contributed by atoms with Gasteiger partial charge in [-0.25, -0.2) is 0 Å². The molecule has 2 aromatic carbocycles. The zero-order chi connectivity index (χ0) is 13.8. The summed E-state index contributed by atoms with van der Waals surface area (Å²) in [7, 11) is 2.09. The summed E-state index contributed by atoms with van der Waals surface area (Å²) in [6.45, 7) is 3.48. The van der Waals surface area contributed by atoms with Crippen LogP contribution in [0.15, 0.2) is 42.5 Å². The van der Waals surface area contributed by atoms with Crippen molar-refractivity contribution in [3.63, 3.8) is 0 Å². The van der Waals surface area contributed by atoms with Crippen molar-refractivity contribution < 1.29 is 0 Å². The molecular weight excluding hydrogens is 256 g/mol. The number of anilines is 1. The van der Waals surface area contributed by atoms with Gasteiger partial charge in [-0.2, -0.15) is 0 Å². The third kappa shape index (κ3) is 3.28. The fourth-order valence-electron chi connectivity index (χ4n) is 2.42. The summed E-state index contributed by atoms with van der Waals surface area (Å²) < 4.78 is 0. The molecule has 0 fully saturated rings. The molecule has 3 heteroatoms. The van der Waals surface area contributed by atoms with E-state index in [1.54, 1.807) is 0 Å². The Morgan fingerprint density at radius 1 is 1.16 bits per heavy atom. The highest BCUT2D eigenvalue weighted by atomic mass is 35.5. The summed E-state index contributed by atoms with van der Waals surface area (Å²) in [6, 6.07) is 14.2. The molecule has 100 valence electrons. The van der Waals surface area contributed by atoms with E-state index in [1.165, 1.54) is 22.4 Å². The van der Waals surface area contributed by atoms with Crippen LogP contribution >= 0.6 is 11.6 Å². The Morgan fingerprint density at radius 3 is 2.58 bits per heavy atom. The van der Waals surface area contributed by atoms with Crippen LogP contribution in [0.1, 0.15) is 16.7 Å². The van der Waals surface area contributed by atoms with Crippen LogP contribution in [-0.2, 0) is 13.1 Å². The Balaban J connectivity index is 2.27. The minimum absolute atomic E-state index is 0.552. The molecule has 2 aromatic rings. The average molecular weight is 275 g/mol. The summed E-state index contributed by atoms with van der Waals surface area (Å²) in [5.41, 5.74) is 10.6. The van der Waals surface area contributed by atoms with Crippen LogP contribution in [0.2, 0.25) is 5.02 Å². The SMILES string of the molecule is Cc1cccc(CN)c1N(C)Cc1cccc(Cl)c1. The van der Waals surface area contributed by atoms with Gasteiger partial charge in [0.2, 0.25) is 0 Å². The van der Waals surface area contributed by atoms with Crippen molar-refractivity contribution in [1.82, 2.24) is 0 Å². The van der Waals surface area contributed by atoms with E-state index >= 15 is 0 Å². The lowest BCUT2D eigenvalue weighted by atomic mass is 10.1. The van der Waals surface area contributed by atoms with Gasteiger partial charge in [0.25, 0.3) is 0 Å². The fourth-order valence-corrected chi connectivity index (χ4v) is 2.63. The van der Waals surface area contributed by atoms with Crippen molar-refractivity contribution in [2.45, 2.75) is 20.0 Å². The average Bonchev–Trinajstić information content (AvgIpc) is 2.38. The van der Waals surface area contributed by atoms with Gasteiger partial charge in [0.15, 0.2) is 0 Å². The molecule has 2 nitrogen and oxygen atoms in total. The Labute approximate surface area is 119 Å². The molecule has 0 amide bonds. The van der Waals surface area contributed by atoms with E-state index in [2.05, 4.69) is 37.1 Å². The molecule has 2 N–H and O–H groups in total. The van der Waals surface area contributed by atoms with E-state index in [1.807, 2.05) is 24.3 Å². The van der Waals surface area contributed by atoms with E-state index in [9.17, 15) is 0 Å². The molecule has 0 bridgehead atoms. The van der Waals surface area contributed by atoms with E-state index in [-0.39, 0.29) is 0 Å². The summed E-state index contributed by atoms with van der Waals surface area (Å²) >= 11 is 6.03. The maximum Gasteiger partial charge on any atom is 0.0441 e. The molecule has 0 radical (unpaired) electrons. The molecule has 0 aliphatic heterocycles. The second-order valence-electron chi connectivity index (χ2n) is 4.77. The van der Waals surface area contributed by atoms with Crippen molar-refractivity contribution in [3.8, 4) is 0 Å². The third-order valence-corrected chi connectivity index (χ3v) is 3.47. The van der Waals surface area contributed by atoms with Gasteiger partial charge in [0.1, 0.15) is 0 Å². The van der Waals surface area contributed by atoms with Crippen LogP contribution in [0, 0.1) is 6.92 Å². The number of benzene rings is 2. The van der Waals surface area contributed by atoms with Gasteiger partial charge in [0, 0.05) is 30.8 Å². The summed E-state index contributed by atoms with van der Waals surface area (Å²) in [5.74, 6) is 0. The first-order valence-corrected chi connectivity index (χ1v) is 6.73. The quantitative estimate of drug-likeness (QED) is 0.920. The Morgan fingerprint density at radius 2 is 1.89 bits per heavy atom. The lowest BCUT2D eigenvalue weighted by Crippen LogP contribution is -2.20. The topological polar surface area (TPSA) is 29.3 Å². The number of para-hydroxylation sites is 1. The number of nitrogens with two attached hydrogens (primary N) is 1. The first-order valence-electron chi connectivity index (χ1n) is 6.36. The van der Waals surface area contributed by atoms with Crippen molar-refractivity contribution in [3.05, 3.63) is 64.2 Å². The first-order chi connectivity index (χ1) is 9.11. The predicted molar refractivity (Wildman–Crippen MR) is 82.6 cm³/mol. The molecular formula is C16H19ClN2. The second-order valence-corrected chi connectivity index (χ2v) is 5.21. The second kappa shape index (κ2) is 6.09. The fraction of sp³-hybridized carbons (Fsp3) is 0.250. The maximum atomic E-state index is 6.03. The Kier molecular flexibility index (Phi) is 4.46. The lowest BCUT2D eigenvalue weighted by Gasteiger charge is -2.24. The molecule has 0 saturated heterocycles. The number of aryl methyl sites for hydroxylation is 1. The van der Waals surface area contributed by atoms with Gasteiger partial charge in [-0.05, 0) is 35.7 Å². The minimum atomic E-state index is 0.552. The number of rotatable bonds is 4. The number of hydrogen-bond acceptors (Lipinski definition) is 2. The molecule has 0 aliphatic rings. The zero-order valence-corrected chi connectivity index (χ0v) is 12.1. The van der Waals surface area contributed by atoms with Gasteiger partial charge in [-0.3, -0.25) is 0 Å². The number of hydrogen-bond donors (Lipinski definition) is 1. The number of nitrogens with zero attached hydrogens (tertiary/aromatic N) is 1.